The van der Waals surface area contributed by atoms with Crippen molar-refractivity contribution < 1.29 is 23.2 Å². The number of fused-ring (bicyclic) bond motifs is 1. The largest absolute Gasteiger partial charge is 0.420 e. The first-order valence-electron chi connectivity index (χ1n) is 21.2. The lowest BCUT2D eigenvalue weighted by Gasteiger charge is -2.39. The average Bonchev–Trinajstić information content (AvgIpc) is 3.59. The van der Waals surface area contributed by atoms with Crippen molar-refractivity contribution in [3.05, 3.63) is 105 Å². The fourth-order valence-electron chi connectivity index (χ4n) is 9.69. The van der Waals surface area contributed by atoms with Crippen LogP contribution in [0.3, 0.4) is 0 Å². The number of anilines is 1. The van der Waals surface area contributed by atoms with Gasteiger partial charge in [0.05, 0.1) is 11.7 Å². The Balaban J connectivity index is 0.721. The number of imide groups is 1. The molecule has 0 spiro atoms. The summed E-state index contributed by atoms with van der Waals surface area (Å²) in [4.78, 5) is 76.2. The summed E-state index contributed by atoms with van der Waals surface area (Å²) in [7, 11) is 0. The summed E-state index contributed by atoms with van der Waals surface area (Å²) in [5, 5.41) is 5.71. The Bertz CT molecular complexity index is 2530. The zero-order chi connectivity index (χ0) is 41.3. The van der Waals surface area contributed by atoms with E-state index in [0.29, 0.717) is 40.1 Å². The van der Waals surface area contributed by atoms with E-state index >= 15 is 0 Å². The molecule has 4 fully saturated rings. The Labute approximate surface area is 345 Å². The van der Waals surface area contributed by atoms with Crippen LogP contribution < -0.4 is 21.9 Å². The molecule has 2 N–H and O–H groups in total. The van der Waals surface area contributed by atoms with E-state index in [9.17, 15) is 28.4 Å². The van der Waals surface area contributed by atoms with Gasteiger partial charge in [-0.25, -0.2) is 19.2 Å². The molecule has 3 aliphatic heterocycles. The quantitative estimate of drug-likeness (QED) is 0.184. The fraction of sp³-hybridized carbons (Fsp3) is 0.444. The molecule has 1 atom stereocenters. The van der Waals surface area contributed by atoms with E-state index in [0.717, 1.165) is 89.7 Å². The Morgan fingerprint density at radius 2 is 1.67 bits per heavy atom. The Kier molecular flexibility index (Phi) is 11.2. The first-order valence-corrected chi connectivity index (χ1v) is 21.2. The molecule has 3 saturated heterocycles. The smallest absolute Gasteiger partial charge is 0.408 e. The highest BCUT2D eigenvalue weighted by Crippen LogP contribution is 2.34. The molecule has 5 aromatic rings. The third kappa shape index (κ3) is 8.27. The van der Waals surface area contributed by atoms with Gasteiger partial charge < -0.3 is 19.5 Å². The maximum absolute atomic E-state index is 15.0. The lowest BCUT2D eigenvalue weighted by atomic mass is 9.84. The summed E-state index contributed by atoms with van der Waals surface area (Å²) in [6.07, 6.45) is 10.4. The number of nitrogens with one attached hydrogen (secondary N) is 2. The van der Waals surface area contributed by atoms with Crippen molar-refractivity contribution in [3.63, 3.8) is 0 Å². The Morgan fingerprint density at radius 3 is 2.43 bits per heavy atom. The van der Waals surface area contributed by atoms with Crippen LogP contribution in [0.25, 0.3) is 28.0 Å². The summed E-state index contributed by atoms with van der Waals surface area (Å²) >= 11 is 0. The van der Waals surface area contributed by atoms with Crippen LogP contribution in [0, 0.1) is 17.7 Å². The number of piperidine rings is 3. The van der Waals surface area contributed by atoms with Crippen LogP contribution in [-0.2, 0) is 14.4 Å². The molecule has 15 heteroatoms. The standard InChI is InChI=1S/C45H49FN8O6/c46-35-26-47-44(50-41(35)32-4-3-5-34(24-32)53-19-2-1-6-40(53)56)48-33-10-7-30(8-11-33)43(58)52-22-15-28(16-23-52)27-51-20-17-29(18-21-51)31-9-12-36-38(25-31)60-45(59)54(36)37-13-14-39(55)49-42(37)57/h1-6,9,12,19,24-26,28-30,33,37H,7-8,10-11,13-18,20-23,27H2,(H,47,48,50)(H,49,55,57). The van der Waals surface area contributed by atoms with Gasteiger partial charge in [0.1, 0.15) is 11.7 Å². The minimum atomic E-state index is -0.756. The van der Waals surface area contributed by atoms with Gasteiger partial charge in [-0.3, -0.25) is 33.6 Å². The number of carbonyl (C=O) groups excluding carboxylic acids is 3. The first kappa shape index (κ1) is 39.5. The van der Waals surface area contributed by atoms with Crippen LogP contribution >= 0.6 is 0 Å². The zero-order valence-corrected chi connectivity index (χ0v) is 33.4. The van der Waals surface area contributed by atoms with Gasteiger partial charge >= 0.3 is 5.76 Å². The second kappa shape index (κ2) is 17.0. The maximum Gasteiger partial charge on any atom is 0.420 e. The zero-order valence-electron chi connectivity index (χ0n) is 33.4. The number of hydrogen-bond donors (Lipinski definition) is 2. The third-order valence-corrected chi connectivity index (χ3v) is 13.0. The second-order valence-corrected chi connectivity index (χ2v) is 16.8. The molecule has 1 saturated carbocycles. The number of carbonyl (C=O) groups is 3. The Morgan fingerprint density at radius 1 is 0.867 bits per heavy atom. The number of likely N-dealkylation sites (tertiary alicyclic amines) is 2. The molecule has 3 aromatic heterocycles. The number of rotatable bonds is 9. The van der Waals surface area contributed by atoms with Gasteiger partial charge in [0.15, 0.2) is 11.4 Å². The van der Waals surface area contributed by atoms with Gasteiger partial charge in [-0.2, -0.15) is 0 Å². The third-order valence-electron chi connectivity index (χ3n) is 13.0. The van der Waals surface area contributed by atoms with Crippen molar-refractivity contribution in [1.82, 2.24) is 34.2 Å². The molecule has 9 rings (SSSR count). The fourth-order valence-corrected chi connectivity index (χ4v) is 9.69. The minimum absolute atomic E-state index is 0.00398. The monoisotopic (exact) mass is 816 g/mol. The van der Waals surface area contributed by atoms with Gasteiger partial charge in [-0.1, -0.05) is 24.3 Å². The van der Waals surface area contributed by atoms with E-state index in [4.69, 9.17) is 4.42 Å². The van der Waals surface area contributed by atoms with Crippen molar-refractivity contribution in [2.45, 2.75) is 82.2 Å². The predicted molar refractivity (Wildman–Crippen MR) is 222 cm³/mol. The molecule has 6 heterocycles. The number of benzene rings is 2. The molecule has 3 amide bonds. The second-order valence-electron chi connectivity index (χ2n) is 16.8. The van der Waals surface area contributed by atoms with Gasteiger partial charge in [0.2, 0.25) is 23.7 Å². The van der Waals surface area contributed by atoms with Crippen molar-refractivity contribution >= 4 is 34.8 Å². The summed E-state index contributed by atoms with van der Waals surface area (Å²) in [5.41, 5.74) is 3.29. The van der Waals surface area contributed by atoms with Crippen LogP contribution in [0.15, 0.2) is 87.1 Å². The van der Waals surface area contributed by atoms with Crippen LogP contribution in [0.2, 0.25) is 0 Å². The number of oxazole rings is 1. The molecule has 2 aromatic carbocycles. The molecule has 0 bridgehead atoms. The van der Waals surface area contributed by atoms with Crippen LogP contribution in [-0.4, -0.2) is 85.4 Å². The molecule has 14 nitrogen and oxygen atoms in total. The Hall–Kier alpha value is -5.96. The van der Waals surface area contributed by atoms with Crippen molar-refractivity contribution in [1.29, 1.82) is 0 Å². The number of hydrogen-bond acceptors (Lipinski definition) is 10. The number of amides is 3. The van der Waals surface area contributed by atoms with E-state index < -0.39 is 23.5 Å². The molecule has 60 heavy (non-hydrogen) atoms. The van der Waals surface area contributed by atoms with E-state index in [1.54, 1.807) is 42.6 Å². The molecular weight excluding hydrogens is 768 g/mol. The van der Waals surface area contributed by atoms with Gasteiger partial charge in [0, 0.05) is 61.5 Å². The molecular formula is C45H49FN8O6. The number of halogens is 1. The van der Waals surface area contributed by atoms with Crippen LogP contribution in [0.5, 0.6) is 0 Å². The van der Waals surface area contributed by atoms with Crippen molar-refractivity contribution in [3.8, 4) is 16.9 Å². The average molecular weight is 817 g/mol. The molecule has 0 radical (unpaired) electrons. The highest BCUT2D eigenvalue weighted by Gasteiger charge is 2.34. The predicted octanol–water partition coefficient (Wildman–Crippen LogP) is 5.41. The normalized spacial score (nSPS) is 22.2. The van der Waals surface area contributed by atoms with E-state index in [2.05, 4.69) is 30.4 Å². The van der Waals surface area contributed by atoms with Gasteiger partial charge in [-0.15, -0.1) is 0 Å². The molecule has 312 valence electrons. The number of nitrogens with zero attached hydrogens (tertiary/aromatic N) is 6. The van der Waals surface area contributed by atoms with Crippen molar-refractivity contribution in [2.75, 3.05) is 38.0 Å². The summed E-state index contributed by atoms with van der Waals surface area (Å²) in [6, 6.07) is 17.1. The van der Waals surface area contributed by atoms with Gasteiger partial charge in [0.25, 0.3) is 5.56 Å². The van der Waals surface area contributed by atoms with Gasteiger partial charge in [-0.05, 0) is 119 Å². The number of pyridine rings is 1. The summed E-state index contributed by atoms with van der Waals surface area (Å²) in [6.45, 7) is 4.56. The molecule has 4 aliphatic rings. The van der Waals surface area contributed by atoms with Crippen LogP contribution in [0.1, 0.15) is 81.7 Å². The maximum atomic E-state index is 15.0. The number of aromatic nitrogens is 4. The first-order chi connectivity index (χ1) is 29.2. The highest BCUT2D eigenvalue weighted by molar-refractivity contribution is 6.00. The topological polar surface area (TPSA) is 165 Å². The SMILES string of the molecule is O=C1CCC(n2c(=O)oc3cc(C4CCN(CC5CCN(C(=O)C6CCC(Nc7ncc(F)c(-c8cccc(-n9ccccc9=O)c8)n7)CC6)CC5)CC4)ccc32)C(=O)N1. The lowest BCUT2D eigenvalue weighted by molar-refractivity contribution is -0.138. The van der Waals surface area contributed by atoms with E-state index in [1.165, 1.54) is 21.4 Å². The highest BCUT2D eigenvalue weighted by atomic mass is 19.1. The lowest BCUT2D eigenvalue weighted by Crippen LogP contribution is -2.45. The molecule has 1 unspecified atom stereocenters. The molecule has 1 aliphatic carbocycles. The summed E-state index contributed by atoms with van der Waals surface area (Å²) in [5.74, 6) is -0.452. The van der Waals surface area contributed by atoms with E-state index in [1.807, 2.05) is 18.2 Å². The minimum Gasteiger partial charge on any atom is -0.408 e. The van der Waals surface area contributed by atoms with Crippen molar-refractivity contribution in [2.24, 2.45) is 11.8 Å². The summed E-state index contributed by atoms with van der Waals surface area (Å²) < 4.78 is 23.4. The van der Waals surface area contributed by atoms with Crippen LogP contribution in [0.4, 0.5) is 10.3 Å². The van der Waals surface area contributed by atoms with E-state index in [-0.39, 0.29) is 47.9 Å².